The number of ether oxygens (including phenoxy) is 1. The largest absolute Gasteiger partial charge is 0.478 e. The second-order valence-electron chi connectivity index (χ2n) is 7.67. The molecule has 1 fully saturated rings. The van der Waals surface area contributed by atoms with Gasteiger partial charge in [0.1, 0.15) is 0 Å². The van der Waals surface area contributed by atoms with Gasteiger partial charge in [0.05, 0.1) is 39.7 Å². The highest BCUT2D eigenvalue weighted by Crippen LogP contribution is 2.29. The van der Waals surface area contributed by atoms with Gasteiger partial charge < -0.3 is 14.4 Å². The van der Waals surface area contributed by atoms with Gasteiger partial charge in [-0.05, 0) is 48.4 Å². The maximum Gasteiger partial charge on any atom is 0.335 e. The van der Waals surface area contributed by atoms with Crippen molar-refractivity contribution in [2.75, 3.05) is 26.3 Å². The first-order chi connectivity index (χ1) is 15.8. The molecule has 0 spiro atoms. The van der Waals surface area contributed by atoms with Crippen LogP contribution in [0.15, 0.2) is 47.4 Å². The molecule has 0 unspecified atom stereocenters. The number of rotatable bonds is 7. The van der Waals surface area contributed by atoms with Crippen LogP contribution in [0, 0.1) is 0 Å². The lowest BCUT2D eigenvalue weighted by Gasteiger charge is -2.26. The van der Waals surface area contributed by atoms with E-state index < -0.39 is 16.0 Å². The number of hydrogen-bond acceptors (Lipinski definition) is 5. The number of fused-ring (bicyclic) bond motifs is 1. The normalized spacial score (nSPS) is 15.8. The summed E-state index contributed by atoms with van der Waals surface area (Å²) in [5.74, 6) is -0.471. The summed E-state index contributed by atoms with van der Waals surface area (Å²) in [7, 11) is -3.64. The Morgan fingerprint density at radius 2 is 1.88 bits per heavy atom. The quantitative estimate of drug-likeness (QED) is 0.540. The molecule has 10 heteroatoms. The number of carboxylic acids is 1. The molecule has 3 aromatic rings. The summed E-state index contributed by atoms with van der Waals surface area (Å²) in [6.45, 7) is 4.10. The summed E-state index contributed by atoms with van der Waals surface area (Å²) in [5.41, 5.74) is 2.26. The molecule has 1 aromatic heterocycles. The van der Waals surface area contributed by atoms with Crippen molar-refractivity contribution in [2.45, 2.75) is 24.8 Å². The monoisotopic (exact) mass is 489 g/mol. The van der Waals surface area contributed by atoms with Crippen LogP contribution in [0.1, 0.15) is 35.1 Å². The van der Waals surface area contributed by atoms with E-state index in [2.05, 4.69) is 4.98 Å². The predicted octanol–water partition coefficient (Wildman–Crippen LogP) is 3.90. The van der Waals surface area contributed by atoms with E-state index in [1.165, 1.54) is 16.4 Å². The zero-order valence-corrected chi connectivity index (χ0v) is 19.6. The molecule has 8 nitrogen and oxygen atoms in total. The lowest BCUT2D eigenvalue weighted by atomic mass is 10.1. The highest BCUT2D eigenvalue weighted by molar-refractivity contribution is 7.89. The van der Waals surface area contributed by atoms with Gasteiger partial charge in [-0.15, -0.1) is 0 Å². The Balaban J connectivity index is 1.73. The fourth-order valence-electron chi connectivity index (χ4n) is 3.77. The number of halogens is 1. The van der Waals surface area contributed by atoms with E-state index in [1.807, 2.05) is 11.5 Å². The van der Waals surface area contributed by atoms with Crippen molar-refractivity contribution in [3.63, 3.8) is 0 Å². The van der Waals surface area contributed by atoms with Crippen molar-refractivity contribution in [1.29, 1.82) is 0 Å². The Morgan fingerprint density at radius 1 is 1.18 bits per heavy atom. The molecule has 174 valence electrons. The van der Waals surface area contributed by atoms with E-state index in [0.29, 0.717) is 49.2 Å². The third-order valence-electron chi connectivity index (χ3n) is 5.44. The van der Waals surface area contributed by atoms with Crippen LogP contribution in [0.5, 0.6) is 0 Å². The van der Waals surface area contributed by atoms with Crippen LogP contribution in [0.2, 0.25) is 0 Å². The molecule has 1 N–H and O–H groups in total. The molecule has 33 heavy (non-hydrogen) atoms. The first-order valence-corrected chi connectivity index (χ1v) is 12.4. The number of morpholine rings is 1. The van der Waals surface area contributed by atoms with E-state index in [0.717, 1.165) is 17.5 Å². The first kappa shape index (κ1) is 23.4. The highest BCUT2D eigenvalue weighted by atomic mass is 35.5. The van der Waals surface area contributed by atoms with Crippen LogP contribution in [0.4, 0.5) is 0 Å². The molecule has 2 heterocycles. The number of carbonyl (C=O) groups is 1. The van der Waals surface area contributed by atoms with Crippen molar-refractivity contribution in [3.05, 3.63) is 59.4 Å². The third-order valence-corrected chi connectivity index (χ3v) is 7.61. The molecule has 0 saturated carbocycles. The summed E-state index contributed by atoms with van der Waals surface area (Å²) in [5, 5.41) is 9.44. The van der Waals surface area contributed by atoms with Crippen molar-refractivity contribution < 1.29 is 23.1 Å². The molecule has 0 bridgehead atoms. The Hall–Kier alpha value is -2.72. The van der Waals surface area contributed by atoms with Gasteiger partial charge >= 0.3 is 5.97 Å². The summed E-state index contributed by atoms with van der Waals surface area (Å²) < 4.78 is 34.8. The minimum atomic E-state index is -3.64. The van der Waals surface area contributed by atoms with E-state index in [9.17, 15) is 13.2 Å². The lowest BCUT2D eigenvalue weighted by Crippen LogP contribution is -2.40. The van der Waals surface area contributed by atoms with E-state index in [4.69, 9.17) is 21.4 Å². The molecular weight excluding hydrogens is 466 g/mol. The van der Waals surface area contributed by atoms with Gasteiger partial charge in [0, 0.05) is 19.6 Å². The van der Waals surface area contributed by atoms with E-state index >= 15 is 0 Å². The summed E-state index contributed by atoms with van der Waals surface area (Å²) in [4.78, 5) is 15.9. The van der Waals surface area contributed by atoms with Crippen molar-refractivity contribution in [3.8, 4) is 0 Å². The summed E-state index contributed by atoms with van der Waals surface area (Å²) in [6.07, 6.45) is 2.55. The van der Waals surface area contributed by atoms with Crippen LogP contribution in [0.3, 0.4) is 0 Å². The first-order valence-electron chi connectivity index (χ1n) is 10.6. The molecule has 4 rings (SSSR count). The molecule has 1 aliphatic rings. The minimum Gasteiger partial charge on any atom is -0.478 e. The molecule has 0 radical (unpaired) electrons. The van der Waals surface area contributed by atoms with Crippen molar-refractivity contribution in [2.24, 2.45) is 0 Å². The smallest absolute Gasteiger partial charge is 0.335 e. The third kappa shape index (κ3) is 4.81. The molecule has 0 amide bonds. The molecule has 2 aromatic carbocycles. The van der Waals surface area contributed by atoms with E-state index in [1.54, 1.807) is 36.4 Å². The predicted molar refractivity (Wildman–Crippen MR) is 127 cm³/mol. The van der Waals surface area contributed by atoms with Gasteiger partial charge in [0.15, 0.2) is 5.82 Å². The Morgan fingerprint density at radius 3 is 2.52 bits per heavy atom. The maximum absolute atomic E-state index is 13.1. The summed E-state index contributed by atoms with van der Waals surface area (Å²) in [6, 6.07) is 11.3. The molecule has 0 aliphatic carbocycles. The fourth-order valence-corrected chi connectivity index (χ4v) is 5.47. The number of sulfonamides is 1. The number of imidazole rings is 1. The van der Waals surface area contributed by atoms with Gasteiger partial charge in [-0.2, -0.15) is 4.31 Å². The van der Waals surface area contributed by atoms with Crippen molar-refractivity contribution >= 4 is 49.7 Å². The number of benzene rings is 2. The number of carboxylic acid groups (broad SMARTS) is 1. The SMILES string of the molecule is CCCn1c(/C(Cl)=C/c2ccc(C(=O)O)cc2)nc2cc(S(=O)(=O)N3CCOCC3)ccc21. The van der Waals surface area contributed by atoms with Gasteiger partial charge in [-0.1, -0.05) is 30.7 Å². The molecule has 1 saturated heterocycles. The Kier molecular flexibility index (Phi) is 6.85. The summed E-state index contributed by atoms with van der Waals surface area (Å²) >= 11 is 6.63. The second kappa shape index (κ2) is 9.64. The van der Waals surface area contributed by atoms with E-state index in [-0.39, 0.29) is 10.5 Å². The number of nitrogens with zero attached hydrogens (tertiary/aromatic N) is 3. The molecule has 0 atom stereocenters. The fraction of sp³-hybridized carbons (Fsp3) is 0.304. The van der Waals surface area contributed by atoms with Crippen LogP contribution in [-0.2, 0) is 21.3 Å². The van der Waals surface area contributed by atoms with Gasteiger partial charge in [0.2, 0.25) is 10.0 Å². The van der Waals surface area contributed by atoms with Gasteiger partial charge in [0.25, 0.3) is 0 Å². The highest BCUT2D eigenvalue weighted by Gasteiger charge is 2.27. The lowest BCUT2D eigenvalue weighted by molar-refractivity contribution is 0.0697. The standard InChI is InChI=1S/C23H24ClN3O5S/c1-2-9-27-21-8-7-18(33(30,31)26-10-12-32-13-11-26)15-20(21)25-22(27)19(24)14-16-3-5-17(6-4-16)23(28)29/h3-8,14-15H,2,9-13H2,1H3,(H,28,29)/b19-14-. The zero-order valence-electron chi connectivity index (χ0n) is 18.1. The number of aromatic nitrogens is 2. The average Bonchev–Trinajstić information content (AvgIpc) is 3.18. The number of aryl methyl sites for hydroxylation is 1. The van der Waals surface area contributed by atoms with Crippen molar-refractivity contribution in [1.82, 2.24) is 13.9 Å². The average molecular weight is 490 g/mol. The maximum atomic E-state index is 13.1. The second-order valence-corrected chi connectivity index (χ2v) is 10.0. The molecular formula is C23H24ClN3O5S. The van der Waals surface area contributed by atoms with Crippen LogP contribution in [0.25, 0.3) is 22.1 Å². The van der Waals surface area contributed by atoms with Crippen LogP contribution >= 0.6 is 11.6 Å². The Labute approximate surface area is 197 Å². The number of aromatic carboxylic acids is 1. The minimum absolute atomic E-state index is 0.189. The van der Waals surface area contributed by atoms with Gasteiger partial charge in [-0.25, -0.2) is 18.2 Å². The molecule has 1 aliphatic heterocycles. The zero-order chi connectivity index (χ0) is 23.6. The van der Waals surface area contributed by atoms with Crippen LogP contribution < -0.4 is 0 Å². The Bertz CT molecular complexity index is 1310. The van der Waals surface area contributed by atoms with Gasteiger partial charge in [-0.3, -0.25) is 0 Å². The van der Waals surface area contributed by atoms with Crippen LogP contribution in [-0.4, -0.2) is 59.7 Å². The number of hydrogen-bond donors (Lipinski definition) is 1. The topological polar surface area (TPSA) is 102 Å².